The molecule has 1 aromatic carbocycles. The van der Waals surface area contributed by atoms with Crippen molar-refractivity contribution in [1.29, 1.82) is 0 Å². The standard InChI is InChI=1S/C25H30N4O4S/c1-29-13-20(18-5-6-26-22(18)23(29)30)19-8-17(28-34(2,32)33)3-4-21(19)27-24-9-15-7-16(10-24)12-25(31,11-15)14-24/h3-6,8,13,15-16,26-28,31H,7,9-12,14H2,1-2H3/i1D3. The molecule has 0 saturated heterocycles. The van der Waals surface area contributed by atoms with Crippen LogP contribution < -0.4 is 15.6 Å². The van der Waals surface area contributed by atoms with Crippen molar-refractivity contribution in [1.82, 2.24) is 9.55 Å². The van der Waals surface area contributed by atoms with Gasteiger partial charge in [0.15, 0.2) is 0 Å². The van der Waals surface area contributed by atoms with E-state index >= 15 is 0 Å². The number of nitrogens with zero attached hydrogens (tertiary/aromatic N) is 1. The lowest BCUT2D eigenvalue weighted by Gasteiger charge is -2.60. The summed E-state index contributed by atoms with van der Waals surface area (Å²) in [4.78, 5) is 15.8. The van der Waals surface area contributed by atoms with Gasteiger partial charge >= 0.3 is 0 Å². The summed E-state index contributed by atoms with van der Waals surface area (Å²) < 4.78 is 50.9. The molecule has 7 rings (SSSR count). The highest BCUT2D eigenvalue weighted by molar-refractivity contribution is 7.92. The molecule has 4 aliphatic rings. The summed E-state index contributed by atoms with van der Waals surface area (Å²) in [5.41, 5.74) is 0.573. The van der Waals surface area contributed by atoms with E-state index in [1.807, 2.05) is 0 Å². The fourth-order valence-corrected chi connectivity index (χ4v) is 7.72. The van der Waals surface area contributed by atoms with Crippen LogP contribution in [0.5, 0.6) is 0 Å². The van der Waals surface area contributed by atoms with Crippen molar-refractivity contribution in [2.75, 3.05) is 16.3 Å². The van der Waals surface area contributed by atoms with Crippen LogP contribution >= 0.6 is 0 Å². The van der Waals surface area contributed by atoms with Gasteiger partial charge in [0.2, 0.25) is 10.0 Å². The summed E-state index contributed by atoms with van der Waals surface area (Å²) in [6.07, 6.45) is 9.24. The van der Waals surface area contributed by atoms with Crippen LogP contribution in [-0.2, 0) is 17.0 Å². The first-order chi connectivity index (χ1) is 17.2. The van der Waals surface area contributed by atoms with E-state index in [0.717, 1.165) is 42.9 Å². The molecule has 8 nitrogen and oxygen atoms in total. The van der Waals surface area contributed by atoms with Crippen molar-refractivity contribution in [3.05, 3.63) is 47.0 Å². The van der Waals surface area contributed by atoms with Crippen molar-refractivity contribution in [3.63, 3.8) is 0 Å². The van der Waals surface area contributed by atoms with E-state index < -0.39 is 28.2 Å². The van der Waals surface area contributed by atoms with Crippen LogP contribution in [0.15, 0.2) is 41.5 Å². The number of H-pyrrole nitrogens is 1. The Hall–Kier alpha value is -2.78. The minimum Gasteiger partial charge on any atom is -0.390 e. The lowest BCUT2D eigenvalue weighted by molar-refractivity contribution is -0.127. The number of rotatable bonds is 5. The Labute approximate surface area is 202 Å². The molecular weight excluding hydrogens is 452 g/mol. The highest BCUT2D eigenvalue weighted by Crippen LogP contribution is 2.58. The molecule has 2 unspecified atom stereocenters. The molecule has 4 saturated carbocycles. The van der Waals surface area contributed by atoms with Crippen LogP contribution in [0.4, 0.5) is 11.4 Å². The van der Waals surface area contributed by atoms with Crippen molar-refractivity contribution in [3.8, 4) is 11.1 Å². The number of aliphatic hydroxyl groups is 1. The number of anilines is 2. The van der Waals surface area contributed by atoms with Gasteiger partial charge < -0.3 is 20.0 Å². The van der Waals surface area contributed by atoms with Gasteiger partial charge in [-0.3, -0.25) is 9.52 Å². The zero-order valence-electron chi connectivity index (χ0n) is 21.9. The van der Waals surface area contributed by atoms with Crippen LogP contribution in [0.1, 0.15) is 42.6 Å². The Morgan fingerprint density at radius 2 is 1.94 bits per heavy atom. The van der Waals surface area contributed by atoms with Crippen LogP contribution in [-0.4, -0.2) is 40.5 Å². The highest BCUT2D eigenvalue weighted by Gasteiger charge is 2.57. The molecule has 2 heterocycles. The molecule has 0 spiro atoms. The Balaban J connectivity index is 1.53. The summed E-state index contributed by atoms with van der Waals surface area (Å²) in [5, 5.41) is 15.5. The molecule has 0 aliphatic heterocycles. The zero-order valence-corrected chi connectivity index (χ0v) is 19.7. The predicted molar refractivity (Wildman–Crippen MR) is 133 cm³/mol. The van der Waals surface area contributed by atoms with E-state index in [1.54, 1.807) is 30.5 Å². The van der Waals surface area contributed by atoms with E-state index in [1.165, 1.54) is 6.20 Å². The van der Waals surface area contributed by atoms with E-state index in [9.17, 15) is 18.3 Å². The molecule has 4 bridgehead atoms. The van der Waals surface area contributed by atoms with Crippen molar-refractivity contribution < 1.29 is 17.6 Å². The van der Waals surface area contributed by atoms with Gasteiger partial charge in [-0.1, -0.05) is 0 Å². The fraction of sp³-hybridized carbons (Fsp3) is 0.480. The second-order valence-electron chi connectivity index (χ2n) is 10.7. The quantitative estimate of drug-likeness (QED) is 0.442. The van der Waals surface area contributed by atoms with Crippen LogP contribution in [0, 0.1) is 11.8 Å². The lowest BCUT2D eigenvalue weighted by atomic mass is 9.51. The maximum absolute atomic E-state index is 12.9. The average Bonchev–Trinajstić information content (AvgIpc) is 3.22. The lowest BCUT2D eigenvalue weighted by Crippen LogP contribution is -2.62. The molecule has 0 radical (unpaired) electrons. The molecule has 9 heteroatoms. The third-order valence-corrected chi connectivity index (χ3v) is 8.38. The maximum atomic E-state index is 12.9. The monoisotopic (exact) mass is 485 g/mol. The normalized spacial score (nSPS) is 31.8. The summed E-state index contributed by atoms with van der Waals surface area (Å²) in [7, 11) is -3.57. The summed E-state index contributed by atoms with van der Waals surface area (Å²) in [6, 6.07) is 6.82. The molecule has 2 aromatic heterocycles. The molecule has 4 aliphatic carbocycles. The first-order valence-corrected chi connectivity index (χ1v) is 13.5. The van der Waals surface area contributed by atoms with Gasteiger partial charge in [0, 0.05) is 56.9 Å². The van der Waals surface area contributed by atoms with Crippen LogP contribution in [0.25, 0.3) is 22.0 Å². The third kappa shape index (κ3) is 3.62. The number of aryl methyl sites for hydroxylation is 1. The number of benzene rings is 1. The Morgan fingerprint density at radius 1 is 1.18 bits per heavy atom. The molecule has 2 atom stereocenters. The Kier molecular flexibility index (Phi) is 3.88. The van der Waals surface area contributed by atoms with Crippen LogP contribution in [0.3, 0.4) is 0 Å². The van der Waals surface area contributed by atoms with E-state index in [0.29, 0.717) is 46.1 Å². The Bertz CT molecular complexity index is 1560. The second kappa shape index (κ2) is 7.11. The zero-order chi connectivity index (χ0) is 26.4. The van der Waals surface area contributed by atoms with Gasteiger partial charge in [0.25, 0.3) is 5.56 Å². The molecular formula is C25H30N4O4S. The Morgan fingerprint density at radius 3 is 2.62 bits per heavy atom. The van der Waals surface area contributed by atoms with E-state index in [-0.39, 0.29) is 11.1 Å². The number of sulfonamides is 1. The van der Waals surface area contributed by atoms with Gasteiger partial charge in [0.1, 0.15) is 5.52 Å². The largest absolute Gasteiger partial charge is 0.390 e. The highest BCUT2D eigenvalue weighted by atomic mass is 32.2. The fourth-order valence-electron chi connectivity index (χ4n) is 7.16. The van der Waals surface area contributed by atoms with Gasteiger partial charge in [-0.2, -0.15) is 0 Å². The van der Waals surface area contributed by atoms with Gasteiger partial charge in [-0.25, -0.2) is 8.42 Å². The average molecular weight is 486 g/mol. The van der Waals surface area contributed by atoms with Crippen molar-refractivity contribution in [2.45, 2.75) is 49.7 Å². The van der Waals surface area contributed by atoms with Gasteiger partial charge in [-0.05, 0) is 74.6 Å². The van der Waals surface area contributed by atoms with E-state index in [4.69, 9.17) is 4.11 Å². The number of aromatic nitrogens is 2. The second-order valence-corrected chi connectivity index (χ2v) is 12.5. The van der Waals surface area contributed by atoms with Gasteiger partial charge in [-0.15, -0.1) is 0 Å². The summed E-state index contributed by atoms with van der Waals surface area (Å²) in [5.74, 6) is 0.893. The molecule has 0 amide bonds. The minimum absolute atomic E-state index is 0.158. The minimum atomic E-state index is -3.57. The maximum Gasteiger partial charge on any atom is 0.274 e. The van der Waals surface area contributed by atoms with E-state index in [2.05, 4.69) is 15.0 Å². The molecule has 4 N–H and O–H groups in total. The molecule has 4 fully saturated rings. The molecule has 180 valence electrons. The first kappa shape index (κ1) is 18.5. The smallest absolute Gasteiger partial charge is 0.274 e. The number of pyridine rings is 1. The summed E-state index contributed by atoms with van der Waals surface area (Å²) >= 11 is 0. The predicted octanol–water partition coefficient (Wildman–Crippen LogP) is 3.40. The van der Waals surface area contributed by atoms with Crippen LogP contribution in [0.2, 0.25) is 0 Å². The van der Waals surface area contributed by atoms with Crippen molar-refractivity contribution in [2.24, 2.45) is 18.8 Å². The SMILES string of the molecule is [2H]C([2H])([2H])n1cc(-c2cc(NS(C)(=O)=O)ccc2NC23CC4CC(CC(O)(C4)C2)C3)c2cc[nH]c2c1=O. The van der Waals surface area contributed by atoms with Gasteiger partial charge in [0.05, 0.1) is 11.9 Å². The number of aromatic amines is 1. The topological polar surface area (TPSA) is 116 Å². The summed E-state index contributed by atoms with van der Waals surface area (Å²) in [6.45, 7) is -2.70. The molecule has 34 heavy (non-hydrogen) atoms. The van der Waals surface area contributed by atoms with Crippen molar-refractivity contribution >= 4 is 32.3 Å². The number of fused-ring (bicyclic) bond motifs is 1. The number of hydrogen-bond acceptors (Lipinski definition) is 5. The molecule has 3 aromatic rings. The number of hydrogen-bond donors (Lipinski definition) is 4. The third-order valence-electron chi connectivity index (χ3n) is 7.77. The number of nitrogens with one attached hydrogen (secondary N) is 3. The first-order valence-electron chi connectivity index (χ1n) is 13.1.